The molecular formula is C18H28Cl2FNOSiZr. The Kier molecular flexibility index (Phi) is 11.0. The van der Waals surface area contributed by atoms with E-state index < -0.39 is 20.6 Å². The van der Waals surface area contributed by atoms with Gasteiger partial charge in [0, 0.05) is 0 Å². The molecule has 0 saturated heterocycles. The van der Waals surface area contributed by atoms with Crippen molar-refractivity contribution in [2.75, 3.05) is 0 Å². The minimum Gasteiger partial charge on any atom is -1.00 e. The standard InChI is InChI=1S/C9H13.C7H6FNO.2CH3.2ClH.H4Si.Zr/c1-6-5-7(2)9(4)8(6)3;8-6-3-1-5(2-4-6)7(9)10;;;;;;/h6H,1-4H3;1-4H,(H2,9,10);2*1H3;2*1H;1H4;/q;;;;;;;+3/p-3. The molecule has 0 aromatic heterocycles. The minimum atomic E-state index is -2.94. The first-order valence-electron chi connectivity index (χ1n) is 7.62. The number of rotatable bonds is 3. The van der Waals surface area contributed by atoms with E-state index in [1.54, 1.807) is 12.1 Å². The summed E-state index contributed by atoms with van der Waals surface area (Å²) >= 11 is -2.94. The van der Waals surface area contributed by atoms with Crippen LogP contribution in [0.4, 0.5) is 4.39 Å². The fraction of sp³-hybridized carbons (Fsp3) is 0.389. The van der Waals surface area contributed by atoms with E-state index in [-0.39, 0.29) is 47.5 Å². The number of halogens is 3. The second-order valence-corrected chi connectivity index (χ2v) is 16.6. The molecule has 2 nitrogen and oxygen atoms in total. The van der Waals surface area contributed by atoms with Gasteiger partial charge in [-0.1, -0.05) is 0 Å². The third-order valence-corrected chi connectivity index (χ3v) is 12.2. The Morgan fingerprint density at radius 3 is 1.92 bits per heavy atom. The van der Waals surface area contributed by atoms with Gasteiger partial charge in [0.25, 0.3) is 0 Å². The van der Waals surface area contributed by atoms with Gasteiger partial charge in [-0.05, 0) is 11.0 Å². The number of hydrogen-bond donors (Lipinski definition) is 1. The van der Waals surface area contributed by atoms with Crippen LogP contribution >= 0.6 is 0 Å². The average molecular weight is 484 g/mol. The molecule has 1 aliphatic carbocycles. The molecule has 0 bridgehead atoms. The number of carbonyl (C=O) groups is 1. The maximum absolute atomic E-state index is 13.0. The van der Waals surface area contributed by atoms with Gasteiger partial charge in [0.1, 0.15) is 0 Å². The molecule has 1 aliphatic rings. The molecule has 0 spiro atoms. The summed E-state index contributed by atoms with van der Waals surface area (Å²) in [5.74, 6) is 0.00701. The minimum absolute atomic E-state index is 0. The van der Waals surface area contributed by atoms with Crippen LogP contribution in [0, 0.1) is 11.7 Å². The molecule has 1 atom stereocenters. The molecule has 1 N–H and O–H groups in total. The Labute approximate surface area is 172 Å². The Balaban J connectivity index is 0. The van der Waals surface area contributed by atoms with Crippen LogP contribution in [0.1, 0.15) is 38.1 Å². The van der Waals surface area contributed by atoms with E-state index in [1.807, 2.05) is 0 Å². The molecule has 25 heavy (non-hydrogen) atoms. The summed E-state index contributed by atoms with van der Waals surface area (Å²) in [4.78, 5) is 12.5. The van der Waals surface area contributed by atoms with Gasteiger partial charge in [0.05, 0.1) is 0 Å². The Bertz CT molecular complexity index is 687. The zero-order valence-electron chi connectivity index (χ0n) is 14.9. The van der Waals surface area contributed by atoms with Gasteiger partial charge in [-0.3, -0.25) is 0 Å². The molecule has 0 fully saturated rings. The summed E-state index contributed by atoms with van der Waals surface area (Å²) in [5, 5.41) is 0. The van der Waals surface area contributed by atoms with Crippen LogP contribution in [-0.4, -0.2) is 16.9 Å². The molecule has 1 aromatic carbocycles. The smallest absolute Gasteiger partial charge is 0.0149 e. The Morgan fingerprint density at radius 1 is 1.04 bits per heavy atom. The van der Waals surface area contributed by atoms with Crippen molar-refractivity contribution in [1.82, 2.24) is 3.26 Å². The SMILES string of the molecule is CC1=C(C)C(C)[C]([Zr+2]([CH3])([CH3])[NH]C(=O)c2ccc(F)cc2)=C1C.[Cl-].[Cl-].[SiH4]. The topological polar surface area (TPSA) is 29.1 Å². The number of amides is 1. The maximum Gasteiger partial charge on any atom is -0.0149 e. The maximum atomic E-state index is 13.0. The molecular weight excluding hydrogens is 455 g/mol. The van der Waals surface area contributed by atoms with Gasteiger partial charge in [0.15, 0.2) is 0 Å². The van der Waals surface area contributed by atoms with E-state index in [1.165, 1.54) is 32.1 Å². The second-order valence-electron chi connectivity index (χ2n) is 6.65. The van der Waals surface area contributed by atoms with E-state index in [0.29, 0.717) is 11.5 Å². The van der Waals surface area contributed by atoms with E-state index in [0.717, 1.165) is 0 Å². The Hall–Kier alpha value is -0.220. The van der Waals surface area contributed by atoms with Gasteiger partial charge in [-0.15, -0.1) is 0 Å². The average Bonchev–Trinajstić information content (AvgIpc) is 2.63. The first kappa shape index (κ1) is 27.0. The zero-order valence-corrected chi connectivity index (χ0v) is 18.9. The third kappa shape index (κ3) is 5.63. The third-order valence-electron chi connectivity index (χ3n) is 4.85. The van der Waals surface area contributed by atoms with Crippen LogP contribution < -0.4 is 28.1 Å². The molecule has 140 valence electrons. The second kappa shape index (κ2) is 10.2. The number of allylic oxidation sites excluding steroid dienone is 4. The monoisotopic (exact) mass is 481 g/mol. The van der Waals surface area contributed by atoms with Crippen molar-refractivity contribution in [3.8, 4) is 0 Å². The van der Waals surface area contributed by atoms with Crippen LogP contribution in [0.25, 0.3) is 0 Å². The number of benzene rings is 1. The van der Waals surface area contributed by atoms with Crippen LogP contribution in [0.5, 0.6) is 0 Å². The van der Waals surface area contributed by atoms with E-state index in [2.05, 4.69) is 40.2 Å². The van der Waals surface area contributed by atoms with Crippen molar-refractivity contribution in [3.05, 3.63) is 55.6 Å². The normalized spacial score (nSPS) is 16.0. The summed E-state index contributed by atoms with van der Waals surface area (Å²) in [6, 6.07) is 5.74. The quantitative estimate of drug-likeness (QED) is 0.475. The van der Waals surface area contributed by atoms with E-state index >= 15 is 0 Å². The molecule has 7 heteroatoms. The van der Waals surface area contributed by atoms with Gasteiger partial charge in [0.2, 0.25) is 0 Å². The van der Waals surface area contributed by atoms with Gasteiger partial charge >= 0.3 is 137 Å². The number of nitrogens with one attached hydrogen (secondary N) is 1. The summed E-state index contributed by atoms with van der Waals surface area (Å²) in [7, 11) is 0. The zero-order chi connectivity index (χ0) is 16.7. The predicted octanol–water partition coefficient (Wildman–Crippen LogP) is -2.46. The summed E-state index contributed by atoms with van der Waals surface area (Å²) in [6.07, 6.45) is 0. The van der Waals surface area contributed by atoms with Crippen molar-refractivity contribution in [2.45, 2.75) is 37.0 Å². The molecule has 1 amide bonds. The van der Waals surface area contributed by atoms with Gasteiger partial charge in [-0.2, -0.15) is 0 Å². The fourth-order valence-electron chi connectivity index (χ4n) is 3.40. The van der Waals surface area contributed by atoms with Crippen LogP contribution in [0.2, 0.25) is 9.26 Å². The predicted molar refractivity (Wildman–Crippen MR) is 97.2 cm³/mol. The summed E-state index contributed by atoms with van der Waals surface area (Å²) in [6.45, 7) is 8.74. The van der Waals surface area contributed by atoms with Crippen molar-refractivity contribution >= 4 is 16.9 Å². The van der Waals surface area contributed by atoms with Crippen LogP contribution in [0.3, 0.4) is 0 Å². The molecule has 0 saturated carbocycles. The molecule has 2 rings (SSSR count). The van der Waals surface area contributed by atoms with Crippen molar-refractivity contribution in [1.29, 1.82) is 0 Å². The molecule has 1 aromatic rings. The van der Waals surface area contributed by atoms with Crippen LogP contribution in [-0.2, 0) is 20.6 Å². The van der Waals surface area contributed by atoms with Crippen molar-refractivity contribution in [2.24, 2.45) is 5.92 Å². The van der Waals surface area contributed by atoms with Gasteiger partial charge < -0.3 is 24.8 Å². The van der Waals surface area contributed by atoms with E-state index in [4.69, 9.17) is 0 Å². The van der Waals surface area contributed by atoms with E-state index in [9.17, 15) is 9.18 Å². The van der Waals surface area contributed by atoms with Crippen molar-refractivity contribution < 1.29 is 54.6 Å². The molecule has 1 unspecified atom stereocenters. The molecule has 0 heterocycles. The largest absolute Gasteiger partial charge is 1.00 e. The molecule has 0 radical (unpaired) electrons. The molecule has 0 aliphatic heterocycles. The number of hydrogen-bond acceptors (Lipinski definition) is 1. The first-order chi connectivity index (χ1) is 10.1. The summed E-state index contributed by atoms with van der Waals surface area (Å²) < 4.78 is 22.2. The Morgan fingerprint density at radius 2 is 1.52 bits per heavy atom. The van der Waals surface area contributed by atoms with Gasteiger partial charge in [-0.25, -0.2) is 0 Å². The van der Waals surface area contributed by atoms with Crippen molar-refractivity contribution in [3.63, 3.8) is 0 Å². The fourth-order valence-corrected chi connectivity index (χ4v) is 11.4. The first-order valence-corrected chi connectivity index (χ1v) is 15.0. The summed E-state index contributed by atoms with van der Waals surface area (Å²) in [5.41, 5.74) is 4.65. The van der Waals surface area contributed by atoms with Crippen LogP contribution in [0.15, 0.2) is 44.3 Å². The number of carbonyl (C=O) groups excluding carboxylic acids is 1.